The third-order valence-electron chi connectivity index (χ3n) is 5.32. The number of hydrogen-bond acceptors (Lipinski definition) is 8. The van der Waals surface area contributed by atoms with Gasteiger partial charge in [0.15, 0.2) is 6.10 Å². The highest BCUT2D eigenvalue weighted by molar-refractivity contribution is 7.89. The number of carbonyl (C=O) groups is 2. The minimum Gasteiger partial charge on any atom is -0.468 e. The highest BCUT2D eigenvalue weighted by Gasteiger charge is 2.23. The highest BCUT2D eigenvalue weighted by atomic mass is 32.2. The zero-order valence-electron chi connectivity index (χ0n) is 20.6. The maximum Gasteiger partial charge on any atom is 0.338 e. The van der Waals surface area contributed by atoms with Crippen molar-refractivity contribution in [1.29, 1.82) is 0 Å². The quantitative estimate of drug-likeness (QED) is 0.366. The summed E-state index contributed by atoms with van der Waals surface area (Å²) in [6.07, 6.45) is 0.207. The Morgan fingerprint density at radius 3 is 2.24 bits per heavy atom. The number of benzene rings is 2. The summed E-state index contributed by atoms with van der Waals surface area (Å²) in [5.74, 6) is -1.06. The first kappa shape index (κ1) is 28.1. The molecule has 0 spiro atoms. The van der Waals surface area contributed by atoms with E-state index in [0.29, 0.717) is 11.3 Å². The van der Waals surface area contributed by atoms with Gasteiger partial charge in [0.05, 0.1) is 28.2 Å². The lowest BCUT2D eigenvalue weighted by Gasteiger charge is -2.17. The lowest BCUT2D eigenvalue weighted by atomic mass is 10.2. The van der Waals surface area contributed by atoms with Gasteiger partial charge in [-0.15, -0.1) is 0 Å². The molecule has 13 heteroatoms. The number of rotatable bonds is 10. The molecule has 0 saturated carbocycles. The number of nitrogens with one attached hydrogen (secondary N) is 2. The Kier molecular flexibility index (Phi) is 8.53. The van der Waals surface area contributed by atoms with Gasteiger partial charge in [-0.3, -0.25) is 4.79 Å². The molecule has 0 fully saturated rings. The molecule has 0 radical (unpaired) electrons. The first-order valence-corrected chi connectivity index (χ1v) is 13.9. The van der Waals surface area contributed by atoms with Crippen LogP contribution in [-0.2, 0) is 36.1 Å². The summed E-state index contributed by atoms with van der Waals surface area (Å²) < 4.78 is 63.4. The summed E-state index contributed by atoms with van der Waals surface area (Å²) in [5.41, 5.74) is 0.911. The van der Waals surface area contributed by atoms with Crippen LogP contribution in [0.4, 0.5) is 5.69 Å². The highest BCUT2D eigenvalue weighted by Crippen LogP contribution is 2.22. The number of sulfonamides is 2. The fourth-order valence-corrected chi connectivity index (χ4v) is 4.98. The number of anilines is 1. The number of ether oxygens (including phenoxy) is 1. The van der Waals surface area contributed by atoms with E-state index >= 15 is 0 Å². The van der Waals surface area contributed by atoms with Crippen LogP contribution >= 0.6 is 0 Å². The predicted molar refractivity (Wildman–Crippen MR) is 135 cm³/mol. The van der Waals surface area contributed by atoms with Crippen molar-refractivity contribution >= 4 is 37.6 Å². The van der Waals surface area contributed by atoms with Crippen molar-refractivity contribution in [3.63, 3.8) is 0 Å². The van der Waals surface area contributed by atoms with Crippen LogP contribution in [0.15, 0.2) is 75.1 Å². The second-order valence-electron chi connectivity index (χ2n) is 8.23. The molecule has 0 aliphatic carbocycles. The van der Waals surface area contributed by atoms with Crippen LogP contribution in [0.5, 0.6) is 0 Å². The van der Waals surface area contributed by atoms with E-state index in [1.54, 1.807) is 25.1 Å². The molecule has 2 N–H and O–H groups in total. The molecule has 2 aromatic carbocycles. The van der Waals surface area contributed by atoms with Gasteiger partial charge in [-0.25, -0.2) is 30.7 Å². The number of nitrogens with zero attached hydrogens (tertiary/aromatic N) is 1. The number of amides is 1. The molecule has 3 aromatic rings. The first-order valence-electron chi connectivity index (χ1n) is 11.0. The lowest BCUT2D eigenvalue weighted by Crippen LogP contribution is -2.30. The van der Waals surface area contributed by atoms with Crippen molar-refractivity contribution in [2.45, 2.75) is 36.3 Å². The van der Waals surface area contributed by atoms with Gasteiger partial charge in [0, 0.05) is 19.8 Å². The molecule has 37 heavy (non-hydrogen) atoms. The summed E-state index contributed by atoms with van der Waals surface area (Å²) in [6.45, 7) is 3.02. The molecule has 1 aromatic heterocycles. The van der Waals surface area contributed by atoms with E-state index in [-0.39, 0.29) is 27.6 Å². The molecular weight excluding hydrogens is 522 g/mol. The summed E-state index contributed by atoms with van der Waals surface area (Å²) in [7, 11) is -4.76. The number of carbonyl (C=O) groups excluding carboxylic acids is 2. The molecule has 1 heterocycles. The lowest BCUT2D eigenvalue weighted by molar-refractivity contribution is -0.123. The minimum atomic E-state index is -3.85. The zero-order chi connectivity index (χ0) is 27.4. The fraction of sp³-hybridized carbons (Fsp3) is 0.250. The second-order valence-corrected chi connectivity index (χ2v) is 12.1. The Labute approximate surface area is 215 Å². The molecule has 1 amide bonds. The van der Waals surface area contributed by atoms with Crippen LogP contribution < -0.4 is 10.0 Å². The Bertz CT molecular complexity index is 1480. The van der Waals surface area contributed by atoms with Crippen LogP contribution in [0.25, 0.3) is 0 Å². The first-order chi connectivity index (χ1) is 17.3. The van der Waals surface area contributed by atoms with Crippen molar-refractivity contribution in [2.75, 3.05) is 19.4 Å². The van der Waals surface area contributed by atoms with Crippen molar-refractivity contribution in [2.24, 2.45) is 0 Å². The van der Waals surface area contributed by atoms with Crippen molar-refractivity contribution in [1.82, 2.24) is 9.03 Å². The molecule has 0 bridgehead atoms. The number of furan rings is 1. The fourth-order valence-electron chi connectivity index (χ4n) is 3.06. The summed E-state index contributed by atoms with van der Waals surface area (Å²) in [6, 6.07) is 12.6. The number of aryl methyl sites for hydroxylation is 1. The summed E-state index contributed by atoms with van der Waals surface area (Å²) >= 11 is 0. The second kappa shape index (κ2) is 11.3. The molecule has 0 aliphatic heterocycles. The van der Waals surface area contributed by atoms with Gasteiger partial charge in [0.1, 0.15) is 5.76 Å². The van der Waals surface area contributed by atoms with Crippen LogP contribution in [0, 0.1) is 6.92 Å². The van der Waals surface area contributed by atoms with Crippen LogP contribution in [0.1, 0.15) is 28.6 Å². The van der Waals surface area contributed by atoms with Crippen LogP contribution in [0.3, 0.4) is 0 Å². The van der Waals surface area contributed by atoms with E-state index in [2.05, 4.69) is 10.0 Å². The molecule has 198 valence electrons. The monoisotopic (exact) mass is 549 g/mol. The molecule has 0 unspecified atom stereocenters. The molecule has 3 rings (SSSR count). The third kappa shape index (κ3) is 6.83. The van der Waals surface area contributed by atoms with Gasteiger partial charge < -0.3 is 14.5 Å². The average Bonchev–Trinajstić information content (AvgIpc) is 3.38. The van der Waals surface area contributed by atoms with Crippen molar-refractivity contribution in [3.05, 3.63) is 77.7 Å². The van der Waals surface area contributed by atoms with Gasteiger partial charge in [-0.1, -0.05) is 6.07 Å². The number of hydrogen-bond donors (Lipinski definition) is 2. The SMILES string of the molecule is Cc1ccc(S(=O)(=O)N(C)C)cc1NC(=O)[C@@H](C)OC(=O)c1ccc(S(=O)(=O)NCc2ccco2)cc1. The van der Waals surface area contributed by atoms with E-state index in [0.717, 1.165) is 4.31 Å². The average molecular weight is 550 g/mol. The van der Waals surface area contributed by atoms with E-state index in [1.807, 2.05) is 0 Å². The standard InChI is InChI=1S/C24H27N3O8S2/c1-16-7-10-21(37(32,33)27(3)4)14-22(16)26-23(28)17(2)35-24(29)18-8-11-20(12-9-18)36(30,31)25-15-19-6-5-13-34-19/h5-14,17,25H,15H2,1-4H3,(H,26,28)/t17-/m1/s1. The van der Waals surface area contributed by atoms with Gasteiger partial charge in [0.2, 0.25) is 20.0 Å². The normalized spacial score (nSPS) is 12.8. The Hall–Kier alpha value is -3.52. The topological polar surface area (TPSA) is 152 Å². The minimum absolute atomic E-state index is 0.00302. The molecule has 0 aliphatic rings. The van der Waals surface area contributed by atoms with Crippen LogP contribution in [0.2, 0.25) is 0 Å². The smallest absolute Gasteiger partial charge is 0.338 e. The molecule has 1 atom stereocenters. The molecule has 0 saturated heterocycles. The molecular formula is C24H27N3O8S2. The Morgan fingerprint density at radius 2 is 1.65 bits per heavy atom. The predicted octanol–water partition coefficient (Wildman–Crippen LogP) is 2.50. The van der Waals surface area contributed by atoms with Crippen LogP contribution in [-0.4, -0.2) is 53.2 Å². The maximum absolute atomic E-state index is 12.6. The Morgan fingerprint density at radius 1 is 1.00 bits per heavy atom. The van der Waals surface area contributed by atoms with E-state index in [9.17, 15) is 26.4 Å². The third-order valence-corrected chi connectivity index (χ3v) is 8.54. The Balaban J connectivity index is 1.64. The van der Waals surface area contributed by atoms with Gasteiger partial charge in [-0.05, 0) is 67.9 Å². The van der Waals surface area contributed by atoms with Gasteiger partial charge in [0.25, 0.3) is 5.91 Å². The largest absolute Gasteiger partial charge is 0.468 e. The summed E-state index contributed by atoms with van der Waals surface area (Å²) in [4.78, 5) is 25.1. The zero-order valence-corrected chi connectivity index (χ0v) is 22.2. The van der Waals surface area contributed by atoms with E-state index < -0.39 is 38.0 Å². The molecule has 11 nitrogen and oxygen atoms in total. The van der Waals surface area contributed by atoms with Gasteiger partial charge >= 0.3 is 5.97 Å². The van der Waals surface area contributed by atoms with Crippen molar-refractivity contribution in [3.8, 4) is 0 Å². The number of esters is 1. The summed E-state index contributed by atoms with van der Waals surface area (Å²) in [5, 5.41) is 2.58. The van der Waals surface area contributed by atoms with E-state index in [4.69, 9.17) is 9.15 Å². The van der Waals surface area contributed by atoms with Crippen molar-refractivity contribution < 1.29 is 35.6 Å². The van der Waals surface area contributed by atoms with E-state index in [1.165, 1.54) is 63.7 Å². The van der Waals surface area contributed by atoms with Gasteiger partial charge in [-0.2, -0.15) is 0 Å². The maximum atomic E-state index is 12.6.